The van der Waals surface area contributed by atoms with E-state index in [4.69, 9.17) is 4.42 Å². The molecule has 0 saturated heterocycles. The molecule has 0 N–H and O–H groups in total. The van der Waals surface area contributed by atoms with Gasteiger partial charge in [0.25, 0.3) is 0 Å². The topological polar surface area (TPSA) is 13.1 Å². The van der Waals surface area contributed by atoms with E-state index < -0.39 is 0 Å². The predicted molar refractivity (Wildman–Crippen MR) is 35.9 cm³/mol. The van der Waals surface area contributed by atoms with Crippen molar-refractivity contribution in [3.8, 4) is 0 Å². The Bertz CT molecular complexity index is 171. The summed E-state index contributed by atoms with van der Waals surface area (Å²) in [5, 5.41) is 0. The van der Waals surface area contributed by atoms with Crippen LogP contribution in [0.4, 0.5) is 0 Å². The highest BCUT2D eigenvalue weighted by Crippen LogP contribution is 2.21. The zero-order chi connectivity index (χ0) is 6.15. The summed E-state index contributed by atoms with van der Waals surface area (Å²) < 4.78 is 6.13. The Balaban J connectivity index is 3.19. The van der Waals surface area contributed by atoms with Crippen molar-refractivity contribution in [1.29, 1.82) is 0 Å². The molecule has 0 aromatic carbocycles. The van der Waals surface area contributed by atoms with Gasteiger partial charge in [-0.05, 0) is 29.8 Å². The fourth-order valence-electron chi connectivity index (χ4n) is 0.558. The molecule has 2 heteroatoms. The molecule has 0 spiro atoms. The van der Waals surface area contributed by atoms with Crippen LogP contribution in [0.25, 0.3) is 0 Å². The second-order valence-electron chi connectivity index (χ2n) is 1.79. The van der Waals surface area contributed by atoms with Crippen molar-refractivity contribution >= 4 is 15.9 Å². The molecule has 1 aromatic rings. The maximum atomic E-state index is 5.05. The molecule has 8 heavy (non-hydrogen) atoms. The maximum Gasteiger partial charge on any atom is 0.115 e. The van der Waals surface area contributed by atoms with Gasteiger partial charge < -0.3 is 4.42 Å². The van der Waals surface area contributed by atoms with Gasteiger partial charge in [0.2, 0.25) is 0 Å². The number of halogens is 1. The van der Waals surface area contributed by atoms with Crippen LogP contribution >= 0.6 is 15.9 Å². The molecule has 0 fully saturated rings. The second-order valence-corrected chi connectivity index (χ2v) is 2.58. The van der Waals surface area contributed by atoms with Gasteiger partial charge in [0.15, 0.2) is 0 Å². The van der Waals surface area contributed by atoms with Gasteiger partial charge in [0, 0.05) is 5.56 Å². The number of rotatable bonds is 0. The van der Waals surface area contributed by atoms with Crippen molar-refractivity contribution in [3.05, 3.63) is 22.1 Å². The second kappa shape index (κ2) is 1.94. The van der Waals surface area contributed by atoms with Gasteiger partial charge in [-0.15, -0.1) is 0 Å². The van der Waals surface area contributed by atoms with Crippen LogP contribution in [0.3, 0.4) is 0 Å². The van der Waals surface area contributed by atoms with Gasteiger partial charge in [0.05, 0.1) is 10.7 Å². The molecule has 0 atom stereocenters. The van der Waals surface area contributed by atoms with Crippen LogP contribution in [0.2, 0.25) is 0 Å². The summed E-state index contributed by atoms with van der Waals surface area (Å²) in [5.41, 5.74) is 1.16. The molecule has 0 amide bonds. The minimum atomic E-state index is 0.947. The first-order valence-corrected chi connectivity index (χ1v) is 3.21. The van der Waals surface area contributed by atoms with E-state index in [0.29, 0.717) is 0 Å². The van der Waals surface area contributed by atoms with Crippen LogP contribution in [0.1, 0.15) is 11.3 Å². The van der Waals surface area contributed by atoms with Crippen LogP contribution in [0.15, 0.2) is 15.2 Å². The highest BCUT2D eigenvalue weighted by molar-refractivity contribution is 9.10. The number of hydrogen-bond donors (Lipinski definition) is 0. The van der Waals surface area contributed by atoms with E-state index in [1.54, 1.807) is 6.26 Å². The number of furan rings is 1. The molecule has 1 aromatic heterocycles. The first-order chi connectivity index (χ1) is 3.72. The van der Waals surface area contributed by atoms with Gasteiger partial charge in [0.1, 0.15) is 5.76 Å². The molecular formula is C6H7BrO. The average Bonchev–Trinajstić information content (AvgIpc) is 1.98. The van der Waals surface area contributed by atoms with Crippen molar-refractivity contribution in [2.75, 3.05) is 0 Å². The Kier molecular flexibility index (Phi) is 1.43. The Hall–Kier alpha value is -0.240. The number of hydrogen-bond acceptors (Lipinski definition) is 1. The van der Waals surface area contributed by atoms with Crippen molar-refractivity contribution in [2.24, 2.45) is 0 Å². The van der Waals surface area contributed by atoms with E-state index >= 15 is 0 Å². The molecule has 1 heterocycles. The maximum absolute atomic E-state index is 5.05. The van der Waals surface area contributed by atoms with Crippen LogP contribution < -0.4 is 0 Å². The monoisotopic (exact) mass is 174 g/mol. The zero-order valence-corrected chi connectivity index (χ0v) is 6.45. The molecule has 44 valence electrons. The highest BCUT2D eigenvalue weighted by atomic mass is 79.9. The molecule has 0 radical (unpaired) electrons. The van der Waals surface area contributed by atoms with Crippen molar-refractivity contribution in [1.82, 2.24) is 0 Å². The van der Waals surface area contributed by atoms with E-state index in [9.17, 15) is 0 Å². The number of aryl methyl sites for hydroxylation is 2. The standard InChI is InChI=1S/C6H7BrO/c1-4-3-8-5(2)6(4)7/h3H,1-2H3. The fourth-order valence-corrected chi connectivity index (χ4v) is 0.745. The molecule has 0 aliphatic heterocycles. The smallest absolute Gasteiger partial charge is 0.115 e. The van der Waals surface area contributed by atoms with Crippen LogP contribution in [-0.4, -0.2) is 0 Å². The lowest BCUT2D eigenvalue weighted by Gasteiger charge is -1.81. The summed E-state index contributed by atoms with van der Waals surface area (Å²) in [5.74, 6) is 0.947. The zero-order valence-electron chi connectivity index (χ0n) is 4.86. The van der Waals surface area contributed by atoms with E-state index in [1.165, 1.54) is 0 Å². The summed E-state index contributed by atoms with van der Waals surface area (Å²) in [6, 6.07) is 0. The Morgan fingerprint density at radius 1 is 1.50 bits per heavy atom. The van der Waals surface area contributed by atoms with E-state index in [2.05, 4.69) is 15.9 Å². The first kappa shape index (κ1) is 5.89. The van der Waals surface area contributed by atoms with Gasteiger partial charge in [-0.2, -0.15) is 0 Å². The third-order valence-corrected chi connectivity index (χ3v) is 2.25. The Labute approximate surface area is 56.8 Å². The molecule has 0 saturated carbocycles. The minimum Gasteiger partial charge on any atom is -0.468 e. The van der Waals surface area contributed by atoms with Crippen molar-refractivity contribution in [3.63, 3.8) is 0 Å². The molecule has 1 nitrogen and oxygen atoms in total. The average molecular weight is 175 g/mol. The summed E-state index contributed by atoms with van der Waals surface area (Å²) in [6.07, 6.45) is 1.74. The highest BCUT2D eigenvalue weighted by Gasteiger charge is 1.99. The minimum absolute atomic E-state index is 0.947. The van der Waals surface area contributed by atoms with E-state index in [-0.39, 0.29) is 0 Å². The largest absolute Gasteiger partial charge is 0.468 e. The summed E-state index contributed by atoms with van der Waals surface area (Å²) in [6.45, 7) is 3.93. The van der Waals surface area contributed by atoms with Crippen LogP contribution in [0.5, 0.6) is 0 Å². The molecule has 0 bridgehead atoms. The summed E-state index contributed by atoms with van der Waals surface area (Å²) >= 11 is 3.36. The Morgan fingerprint density at radius 3 is 2.25 bits per heavy atom. The third kappa shape index (κ3) is 0.802. The lowest BCUT2D eigenvalue weighted by Crippen LogP contribution is -1.63. The van der Waals surface area contributed by atoms with Gasteiger partial charge in [-0.1, -0.05) is 0 Å². The lowest BCUT2D eigenvalue weighted by molar-refractivity contribution is 0.531. The van der Waals surface area contributed by atoms with Crippen LogP contribution in [0, 0.1) is 13.8 Å². The van der Waals surface area contributed by atoms with E-state index in [0.717, 1.165) is 15.8 Å². The van der Waals surface area contributed by atoms with Crippen LogP contribution in [-0.2, 0) is 0 Å². The molecule has 1 rings (SSSR count). The lowest BCUT2D eigenvalue weighted by atomic mass is 10.4. The fraction of sp³-hybridized carbons (Fsp3) is 0.333. The SMILES string of the molecule is Cc1coc(C)c1Br. The Morgan fingerprint density at radius 2 is 2.12 bits per heavy atom. The summed E-state index contributed by atoms with van der Waals surface area (Å²) in [4.78, 5) is 0. The third-order valence-electron chi connectivity index (χ3n) is 1.07. The first-order valence-electron chi connectivity index (χ1n) is 2.42. The molecule has 0 aliphatic rings. The van der Waals surface area contributed by atoms with Gasteiger partial charge in [-0.25, -0.2) is 0 Å². The predicted octanol–water partition coefficient (Wildman–Crippen LogP) is 2.66. The summed E-state index contributed by atoms with van der Waals surface area (Å²) in [7, 11) is 0. The molecular weight excluding hydrogens is 168 g/mol. The van der Waals surface area contributed by atoms with Gasteiger partial charge in [-0.3, -0.25) is 0 Å². The van der Waals surface area contributed by atoms with Gasteiger partial charge >= 0.3 is 0 Å². The quantitative estimate of drug-likeness (QED) is 0.590. The normalized spacial score (nSPS) is 9.88. The molecule has 0 aliphatic carbocycles. The molecule has 0 unspecified atom stereocenters. The van der Waals surface area contributed by atoms with E-state index in [1.807, 2.05) is 13.8 Å². The van der Waals surface area contributed by atoms with Crippen molar-refractivity contribution in [2.45, 2.75) is 13.8 Å². The van der Waals surface area contributed by atoms with Crippen molar-refractivity contribution < 1.29 is 4.42 Å².